The summed E-state index contributed by atoms with van der Waals surface area (Å²) in [4.78, 5) is 0. The molecule has 6 N–H and O–H groups in total. The molecule has 0 spiro atoms. The lowest BCUT2D eigenvalue weighted by Gasteiger charge is -2.34. The standard InChI is InChI=1S/C6H12O5.H2O4S/c7-1-4-6(10)5(9)3(8)2-11-4;1-5(2,3)4/h3-10H,1-2H2;(H2,1,2,3,4)/t3-,4+,5+,6+;/m0./s1. The molecule has 0 aromatic rings. The van der Waals surface area contributed by atoms with E-state index < -0.39 is 34.8 Å². The fraction of sp³-hybridized carbons (Fsp3) is 1.00. The molecule has 1 saturated heterocycles. The van der Waals surface area contributed by atoms with Gasteiger partial charge in [0, 0.05) is 0 Å². The molecule has 0 aliphatic carbocycles. The molecular formula is C6H14O9S. The molecule has 0 saturated carbocycles. The first-order valence-electron chi connectivity index (χ1n) is 4.13. The van der Waals surface area contributed by atoms with E-state index >= 15 is 0 Å². The lowest BCUT2D eigenvalue weighted by atomic mass is 10.0. The van der Waals surface area contributed by atoms with E-state index in [9.17, 15) is 0 Å². The van der Waals surface area contributed by atoms with E-state index in [1.165, 1.54) is 0 Å². The predicted octanol–water partition coefficient (Wildman–Crippen LogP) is -3.19. The highest BCUT2D eigenvalue weighted by molar-refractivity contribution is 7.79. The van der Waals surface area contributed by atoms with Crippen molar-refractivity contribution in [2.24, 2.45) is 0 Å². The van der Waals surface area contributed by atoms with Crippen molar-refractivity contribution in [3.63, 3.8) is 0 Å². The molecule has 9 nitrogen and oxygen atoms in total. The quantitative estimate of drug-likeness (QED) is 0.267. The highest BCUT2D eigenvalue weighted by Gasteiger charge is 2.36. The third-order valence-corrected chi connectivity index (χ3v) is 1.79. The summed E-state index contributed by atoms with van der Waals surface area (Å²) in [5.74, 6) is 0. The highest BCUT2D eigenvalue weighted by atomic mass is 32.3. The van der Waals surface area contributed by atoms with Crippen LogP contribution >= 0.6 is 0 Å². The zero-order valence-electron chi connectivity index (χ0n) is 8.04. The molecule has 98 valence electrons. The molecule has 1 aliphatic heterocycles. The molecule has 1 rings (SSSR count). The van der Waals surface area contributed by atoms with Crippen LogP contribution < -0.4 is 0 Å². The molecule has 0 radical (unpaired) electrons. The molecule has 1 fully saturated rings. The van der Waals surface area contributed by atoms with Gasteiger partial charge < -0.3 is 25.2 Å². The summed E-state index contributed by atoms with van der Waals surface area (Å²) in [6, 6.07) is 0. The predicted molar refractivity (Wildman–Crippen MR) is 49.0 cm³/mol. The van der Waals surface area contributed by atoms with Crippen molar-refractivity contribution >= 4 is 10.4 Å². The molecule has 0 aromatic carbocycles. The molecule has 0 aromatic heterocycles. The summed E-state index contributed by atoms with van der Waals surface area (Å²) in [6.07, 6.45) is -4.27. The Labute approximate surface area is 91.5 Å². The Balaban J connectivity index is 0.000000385. The molecule has 10 heteroatoms. The van der Waals surface area contributed by atoms with Crippen molar-refractivity contribution in [3.05, 3.63) is 0 Å². The van der Waals surface area contributed by atoms with E-state index in [1.54, 1.807) is 0 Å². The summed E-state index contributed by atoms with van der Waals surface area (Å²) in [5.41, 5.74) is 0. The zero-order valence-corrected chi connectivity index (χ0v) is 8.86. The van der Waals surface area contributed by atoms with Gasteiger partial charge in [0.15, 0.2) is 0 Å². The third-order valence-electron chi connectivity index (χ3n) is 1.79. The van der Waals surface area contributed by atoms with Crippen molar-refractivity contribution in [1.29, 1.82) is 0 Å². The van der Waals surface area contributed by atoms with Gasteiger partial charge in [0.2, 0.25) is 0 Å². The first-order valence-corrected chi connectivity index (χ1v) is 5.53. The van der Waals surface area contributed by atoms with Crippen LogP contribution in [0.4, 0.5) is 0 Å². The number of aliphatic hydroxyl groups is 4. The number of aliphatic hydroxyl groups excluding tert-OH is 4. The second-order valence-corrected chi connectivity index (χ2v) is 3.95. The highest BCUT2D eigenvalue weighted by Crippen LogP contribution is 2.14. The third kappa shape index (κ3) is 6.30. The summed E-state index contributed by atoms with van der Waals surface area (Å²) >= 11 is 0. The Morgan fingerprint density at radius 3 is 1.94 bits per heavy atom. The minimum atomic E-state index is -4.67. The Hall–Kier alpha value is -0.330. The average molecular weight is 262 g/mol. The average Bonchev–Trinajstić information content (AvgIpc) is 2.12. The maximum Gasteiger partial charge on any atom is 0.394 e. The molecule has 1 aliphatic rings. The molecule has 0 bridgehead atoms. The second-order valence-electron chi connectivity index (χ2n) is 3.05. The van der Waals surface area contributed by atoms with Gasteiger partial charge in [-0.15, -0.1) is 0 Å². The van der Waals surface area contributed by atoms with Gasteiger partial charge in [0.25, 0.3) is 0 Å². The summed E-state index contributed by atoms with van der Waals surface area (Å²) in [5, 5.41) is 35.7. The summed E-state index contributed by atoms with van der Waals surface area (Å²) in [6.45, 7) is -0.408. The van der Waals surface area contributed by atoms with Gasteiger partial charge in [-0.3, -0.25) is 9.11 Å². The maximum atomic E-state index is 9.11. The van der Waals surface area contributed by atoms with Gasteiger partial charge in [-0.1, -0.05) is 0 Å². The van der Waals surface area contributed by atoms with Crippen LogP contribution in [0, 0.1) is 0 Å². The molecule has 0 unspecified atom stereocenters. The van der Waals surface area contributed by atoms with E-state index in [0.29, 0.717) is 0 Å². The SMILES string of the molecule is O=S(=O)(O)O.OC[C@H]1OC[C@H](O)[C@@H](O)[C@@H]1O. The normalized spacial score (nSPS) is 35.1. The number of hydrogen-bond acceptors (Lipinski definition) is 7. The molecular weight excluding hydrogens is 248 g/mol. The Morgan fingerprint density at radius 2 is 1.56 bits per heavy atom. The van der Waals surface area contributed by atoms with Crippen molar-refractivity contribution in [2.75, 3.05) is 13.2 Å². The van der Waals surface area contributed by atoms with Crippen LogP contribution in [0.15, 0.2) is 0 Å². The number of rotatable bonds is 1. The van der Waals surface area contributed by atoms with Crippen LogP contribution in [-0.2, 0) is 15.1 Å². The van der Waals surface area contributed by atoms with E-state index in [1.807, 2.05) is 0 Å². The summed E-state index contributed by atoms with van der Waals surface area (Å²) in [7, 11) is -4.67. The number of ether oxygens (including phenoxy) is 1. The van der Waals surface area contributed by atoms with Crippen LogP contribution in [-0.4, -0.2) is 75.6 Å². The first-order chi connectivity index (χ1) is 7.16. The van der Waals surface area contributed by atoms with Gasteiger partial charge in [-0.2, -0.15) is 8.42 Å². The van der Waals surface area contributed by atoms with Gasteiger partial charge >= 0.3 is 10.4 Å². The summed E-state index contributed by atoms with van der Waals surface area (Å²) < 4.78 is 36.4. The van der Waals surface area contributed by atoms with Crippen molar-refractivity contribution < 1.29 is 42.7 Å². The van der Waals surface area contributed by atoms with E-state index in [4.69, 9.17) is 42.7 Å². The Kier molecular flexibility index (Phi) is 6.28. The van der Waals surface area contributed by atoms with Gasteiger partial charge in [-0.25, -0.2) is 0 Å². The fourth-order valence-corrected chi connectivity index (χ4v) is 1.03. The second kappa shape index (κ2) is 6.42. The fourth-order valence-electron chi connectivity index (χ4n) is 1.03. The molecule has 4 atom stereocenters. The van der Waals surface area contributed by atoms with Crippen molar-refractivity contribution in [3.8, 4) is 0 Å². The molecule has 16 heavy (non-hydrogen) atoms. The van der Waals surface area contributed by atoms with Crippen LogP contribution in [0.5, 0.6) is 0 Å². The van der Waals surface area contributed by atoms with Crippen LogP contribution in [0.3, 0.4) is 0 Å². The van der Waals surface area contributed by atoms with Crippen molar-refractivity contribution in [1.82, 2.24) is 0 Å². The minimum Gasteiger partial charge on any atom is -0.394 e. The maximum absolute atomic E-state index is 9.11. The zero-order chi connectivity index (χ0) is 12.9. The van der Waals surface area contributed by atoms with Crippen LogP contribution in [0.1, 0.15) is 0 Å². The van der Waals surface area contributed by atoms with Crippen molar-refractivity contribution in [2.45, 2.75) is 24.4 Å². The van der Waals surface area contributed by atoms with Gasteiger partial charge in [0.05, 0.1) is 13.2 Å². The lowest BCUT2D eigenvalue weighted by molar-refractivity contribution is -0.195. The Morgan fingerprint density at radius 1 is 1.12 bits per heavy atom. The van der Waals surface area contributed by atoms with E-state index in [2.05, 4.69) is 0 Å². The van der Waals surface area contributed by atoms with E-state index in [-0.39, 0.29) is 13.2 Å². The van der Waals surface area contributed by atoms with Gasteiger partial charge in [-0.05, 0) is 0 Å². The largest absolute Gasteiger partial charge is 0.394 e. The molecule has 1 heterocycles. The van der Waals surface area contributed by atoms with Crippen LogP contribution in [0.2, 0.25) is 0 Å². The molecule has 0 amide bonds. The minimum absolute atomic E-state index is 0.0521. The monoisotopic (exact) mass is 262 g/mol. The smallest absolute Gasteiger partial charge is 0.394 e. The van der Waals surface area contributed by atoms with Gasteiger partial charge in [0.1, 0.15) is 24.4 Å². The topological polar surface area (TPSA) is 165 Å². The Bertz CT molecular complexity index is 278. The van der Waals surface area contributed by atoms with Crippen LogP contribution in [0.25, 0.3) is 0 Å². The first kappa shape index (κ1) is 15.7. The van der Waals surface area contributed by atoms with E-state index in [0.717, 1.165) is 0 Å². The lowest BCUT2D eigenvalue weighted by Crippen LogP contribution is -2.53. The number of hydrogen-bond donors (Lipinski definition) is 6.